The first kappa shape index (κ1) is 22.1. The fraction of sp³-hybridized carbons (Fsp3) is 0.560. The van der Waals surface area contributed by atoms with Gasteiger partial charge in [0, 0.05) is 24.8 Å². The zero-order valence-electron chi connectivity index (χ0n) is 19.6. The highest BCUT2D eigenvalue weighted by molar-refractivity contribution is 5.95. The number of rotatable bonds is 5. The summed E-state index contributed by atoms with van der Waals surface area (Å²) in [5.41, 5.74) is 1.90. The van der Waals surface area contributed by atoms with E-state index in [1.54, 1.807) is 17.3 Å². The lowest BCUT2D eigenvalue weighted by Crippen LogP contribution is -2.54. The van der Waals surface area contributed by atoms with E-state index in [0.717, 1.165) is 57.4 Å². The highest BCUT2D eigenvalue weighted by Crippen LogP contribution is 2.46. The Kier molecular flexibility index (Phi) is 5.97. The van der Waals surface area contributed by atoms with Crippen molar-refractivity contribution in [2.45, 2.75) is 55.6 Å². The van der Waals surface area contributed by atoms with E-state index < -0.39 is 0 Å². The van der Waals surface area contributed by atoms with Crippen LogP contribution in [0.1, 0.15) is 44.1 Å². The molecule has 8 nitrogen and oxygen atoms in total. The van der Waals surface area contributed by atoms with E-state index in [4.69, 9.17) is 4.74 Å². The minimum atomic E-state index is -0.204. The van der Waals surface area contributed by atoms with Crippen LogP contribution in [0.15, 0.2) is 42.7 Å². The van der Waals surface area contributed by atoms with E-state index in [9.17, 15) is 4.79 Å². The molecule has 3 heterocycles. The molecule has 0 unspecified atom stereocenters. The third-order valence-electron chi connectivity index (χ3n) is 7.78. The van der Waals surface area contributed by atoms with Gasteiger partial charge in [-0.2, -0.15) is 0 Å². The number of benzene rings is 1. The maximum Gasteiger partial charge on any atom is 0.322 e. The topological polar surface area (TPSA) is 82.6 Å². The second-order valence-corrected chi connectivity index (χ2v) is 9.88. The normalized spacial score (nSPS) is 28.3. The van der Waals surface area contributed by atoms with E-state index in [-0.39, 0.29) is 17.1 Å². The number of carbonyl (C=O) groups is 1. The average Bonchev–Trinajstić information content (AvgIpc) is 3.17. The first-order chi connectivity index (χ1) is 16.0. The second-order valence-electron chi connectivity index (χ2n) is 9.88. The van der Waals surface area contributed by atoms with Crippen LogP contribution in [0, 0.1) is 0 Å². The Balaban J connectivity index is 1.26. The Morgan fingerprint density at radius 3 is 2.36 bits per heavy atom. The molecule has 2 amide bonds. The van der Waals surface area contributed by atoms with Crippen molar-refractivity contribution in [1.29, 1.82) is 0 Å². The number of nitrogens with zero attached hydrogens (tertiary/aromatic N) is 4. The zero-order chi connectivity index (χ0) is 22.9. The Bertz CT molecular complexity index is 951. The van der Waals surface area contributed by atoms with Crippen molar-refractivity contribution in [3.8, 4) is 0 Å². The number of nitrogens with one attached hydrogen (secondary N) is 2. The Morgan fingerprint density at radius 1 is 1.06 bits per heavy atom. The number of anilines is 2. The molecule has 0 radical (unpaired) electrons. The molecule has 2 saturated heterocycles. The van der Waals surface area contributed by atoms with Crippen LogP contribution in [-0.4, -0.2) is 66.3 Å². The minimum absolute atomic E-state index is 0.00520. The van der Waals surface area contributed by atoms with Gasteiger partial charge in [0.05, 0.1) is 30.2 Å². The van der Waals surface area contributed by atoms with Crippen molar-refractivity contribution in [2.75, 3.05) is 44.1 Å². The van der Waals surface area contributed by atoms with Crippen molar-refractivity contribution in [1.82, 2.24) is 20.2 Å². The minimum Gasteiger partial charge on any atom is -0.381 e. The summed E-state index contributed by atoms with van der Waals surface area (Å²) in [4.78, 5) is 26.0. The van der Waals surface area contributed by atoms with Gasteiger partial charge in [0.1, 0.15) is 0 Å². The van der Waals surface area contributed by atoms with Gasteiger partial charge in [-0.05, 0) is 58.2 Å². The van der Waals surface area contributed by atoms with Gasteiger partial charge >= 0.3 is 6.03 Å². The van der Waals surface area contributed by atoms with Gasteiger partial charge in [-0.15, -0.1) is 0 Å². The summed E-state index contributed by atoms with van der Waals surface area (Å²) in [7, 11) is 4.33. The summed E-state index contributed by atoms with van der Waals surface area (Å²) >= 11 is 0. The van der Waals surface area contributed by atoms with Crippen molar-refractivity contribution in [3.63, 3.8) is 0 Å². The number of amides is 2. The van der Waals surface area contributed by atoms with Crippen LogP contribution >= 0.6 is 0 Å². The fourth-order valence-electron chi connectivity index (χ4n) is 5.64. The molecule has 2 aromatic rings. The summed E-state index contributed by atoms with van der Waals surface area (Å²) < 4.78 is 5.41. The first-order valence-corrected chi connectivity index (χ1v) is 12.0. The van der Waals surface area contributed by atoms with Crippen molar-refractivity contribution >= 4 is 17.7 Å². The molecule has 3 aliphatic rings. The SMILES string of the molecule is CN(C)[C@]1(c2ccccc2)CC[C@@]2(CC1)CN(c1cnc(NC3CCOCC3)nc1)C(=O)N2. The zero-order valence-corrected chi connectivity index (χ0v) is 19.6. The monoisotopic (exact) mass is 450 g/mol. The molecule has 1 aliphatic carbocycles. The molecule has 176 valence electrons. The standard InChI is InChI=1S/C25H34N6O2/c1-30(2)25(19-6-4-3-5-7-19)12-10-24(11-13-25)18-31(23(32)29-24)21-16-26-22(27-17-21)28-20-8-14-33-15-9-20/h3-7,16-17,20H,8-15,18H2,1-2H3,(H,29,32)(H,26,27,28)/t24-,25-. The van der Waals surface area contributed by atoms with Crippen LogP contribution in [0.4, 0.5) is 16.4 Å². The smallest absolute Gasteiger partial charge is 0.322 e. The lowest BCUT2D eigenvalue weighted by molar-refractivity contribution is 0.0658. The number of hydrogen-bond acceptors (Lipinski definition) is 6. The summed E-state index contributed by atoms with van der Waals surface area (Å²) in [5, 5.41) is 6.69. The van der Waals surface area contributed by atoms with Crippen molar-refractivity contribution in [2.24, 2.45) is 0 Å². The number of urea groups is 1. The maximum absolute atomic E-state index is 12.9. The Labute approximate surface area is 195 Å². The molecule has 5 rings (SSSR count). The molecule has 3 fully saturated rings. The van der Waals surface area contributed by atoms with Crippen LogP contribution < -0.4 is 15.5 Å². The molecule has 1 aromatic carbocycles. The summed E-state index contributed by atoms with van der Waals surface area (Å²) in [6, 6.07) is 11.0. The summed E-state index contributed by atoms with van der Waals surface area (Å²) in [6.45, 7) is 2.19. The predicted molar refractivity (Wildman–Crippen MR) is 128 cm³/mol. The molecule has 2 aliphatic heterocycles. The lowest BCUT2D eigenvalue weighted by Gasteiger charge is -2.48. The van der Waals surface area contributed by atoms with Crippen LogP contribution in [0.25, 0.3) is 0 Å². The molecule has 0 atom stereocenters. The lowest BCUT2D eigenvalue weighted by atomic mass is 9.69. The molecular weight excluding hydrogens is 416 g/mol. The molecular formula is C25H34N6O2. The quantitative estimate of drug-likeness (QED) is 0.727. The van der Waals surface area contributed by atoms with Crippen LogP contribution in [-0.2, 0) is 10.3 Å². The Hall–Kier alpha value is -2.71. The predicted octanol–water partition coefficient (Wildman–Crippen LogP) is 3.37. The molecule has 33 heavy (non-hydrogen) atoms. The maximum atomic E-state index is 12.9. The highest BCUT2D eigenvalue weighted by atomic mass is 16.5. The Morgan fingerprint density at radius 2 is 1.73 bits per heavy atom. The third kappa shape index (κ3) is 4.29. The highest BCUT2D eigenvalue weighted by Gasteiger charge is 2.50. The molecule has 8 heteroatoms. The fourth-order valence-corrected chi connectivity index (χ4v) is 5.64. The first-order valence-electron chi connectivity index (χ1n) is 12.0. The van der Waals surface area contributed by atoms with E-state index in [1.165, 1.54) is 5.56 Å². The molecule has 2 N–H and O–H groups in total. The molecule has 1 aromatic heterocycles. The van der Waals surface area contributed by atoms with Crippen molar-refractivity contribution < 1.29 is 9.53 Å². The van der Waals surface area contributed by atoms with E-state index in [0.29, 0.717) is 18.5 Å². The van der Waals surface area contributed by atoms with Gasteiger partial charge in [-0.3, -0.25) is 9.80 Å². The average molecular weight is 451 g/mol. The number of carbonyl (C=O) groups excluding carboxylic acids is 1. The molecule has 0 bridgehead atoms. The number of aromatic nitrogens is 2. The number of ether oxygens (including phenoxy) is 1. The van der Waals surface area contributed by atoms with Gasteiger partial charge in [-0.25, -0.2) is 14.8 Å². The molecule has 1 saturated carbocycles. The van der Waals surface area contributed by atoms with Gasteiger partial charge in [0.2, 0.25) is 5.95 Å². The number of hydrogen-bond donors (Lipinski definition) is 2. The second kappa shape index (κ2) is 8.91. The third-order valence-corrected chi connectivity index (χ3v) is 7.78. The van der Waals surface area contributed by atoms with Gasteiger partial charge < -0.3 is 15.4 Å². The van der Waals surface area contributed by atoms with Gasteiger partial charge in [0.25, 0.3) is 0 Å². The van der Waals surface area contributed by atoms with E-state index in [2.05, 4.69) is 69.9 Å². The van der Waals surface area contributed by atoms with E-state index in [1.807, 2.05) is 0 Å². The molecule has 1 spiro atoms. The largest absolute Gasteiger partial charge is 0.381 e. The van der Waals surface area contributed by atoms with Gasteiger partial charge in [-0.1, -0.05) is 30.3 Å². The van der Waals surface area contributed by atoms with Crippen LogP contribution in [0.2, 0.25) is 0 Å². The summed E-state index contributed by atoms with van der Waals surface area (Å²) in [5.74, 6) is 0.608. The summed E-state index contributed by atoms with van der Waals surface area (Å²) in [6.07, 6.45) is 9.30. The van der Waals surface area contributed by atoms with Crippen LogP contribution in [0.3, 0.4) is 0 Å². The van der Waals surface area contributed by atoms with Gasteiger partial charge in [0.15, 0.2) is 0 Å². The van der Waals surface area contributed by atoms with Crippen molar-refractivity contribution in [3.05, 3.63) is 48.3 Å². The van der Waals surface area contributed by atoms with E-state index >= 15 is 0 Å². The van der Waals surface area contributed by atoms with Crippen LogP contribution in [0.5, 0.6) is 0 Å².